The molecular formula is C28H28N2O2. The van der Waals surface area contributed by atoms with Crippen molar-refractivity contribution in [2.24, 2.45) is 0 Å². The highest BCUT2D eigenvalue weighted by atomic mass is 16.2. The quantitative estimate of drug-likeness (QED) is 0.521. The van der Waals surface area contributed by atoms with Gasteiger partial charge in [0.1, 0.15) is 5.70 Å². The number of rotatable bonds is 5. The van der Waals surface area contributed by atoms with Crippen LogP contribution in [0.3, 0.4) is 0 Å². The molecule has 0 aliphatic carbocycles. The van der Waals surface area contributed by atoms with Gasteiger partial charge in [0.2, 0.25) is 0 Å². The van der Waals surface area contributed by atoms with Gasteiger partial charge in [0.15, 0.2) is 0 Å². The summed E-state index contributed by atoms with van der Waals surface area (Å²) in [5, 5.41) is 3.26. The van der Waals surface area contributed by atoms with E-state index in [9.17, 15) is 9.59 Å². The van der Waals surface area contributed by atoms with Crippen LogP contribution in [0.4, 0.5) is 11.4 Å². The highest BCUT2D eigenvalue weighted by Gasteiger charge is 2.41. The highest BCUT2D eigenvalue weighted by molar-refractivity contribution is 6.46. The highest BCUT2D eigenvalue weighted by Crippen LogP contribution is 2.36. The number of nitrogens with one attached hydrogen (secondary N) is 1. The maximum atomic E-state index is 13.7. The number of benzene rings is 3. The first-order chi connectivity index (χ1) is 15.3. The normalized spacial score (nSPS) is 13.8. The third kappa shape index (κ3) is 3.73. The standard InChI is InChI=1S/C28H28N2O2/c1-6-21-11-14-23(15-12-21)29-26-25(22-13-10-17(2)19(4)16-22)27(31)30(28(26)32)24-9-7-8-18(3)20(24)5/h7-16,29H,6H2,1-5H3. The lowest BCUT2D eigenvalue weighted by Crippen LogP contribution is -2.33. The fraction of sp³-hybridized carbons (Fsp3) is 0.214. The first kappa shape index (κ1) is 21.6. The van der Waals surface area contributed by atoms with Gasteiger partial charge in [-0.05, 0) is 85.7 Å². The van der Waals surface area contributed by atoms with Crippen molar-refractivity contribution in [3.05, 3.63) is 99.7 Å². The molecule has 0 unspecified atom stereocenters. The third-order valence-corrected chi connectivity index (χ3v) is 6.33. The van der Waals surface area contributed by atoms with Crippen LogP contribution in [0.25, 0.3) is 5.57 Å². The van der Waals surface area contributed by atoms with Crippen molar-refractivity contribution in [2.45, 2.75) is 41.0 Å². The molecule has 1 heterocycles. The second-order valence-electron chi connectivity index (χ2n) is 8.39. The summed E-state index contributed by atoms with van der Waals surface area (Å²) < 4.78 is 0. The molecule has 0 aromatic heterocycles. The average molecular weight is 425 g/mol. The van der Waals surface area contributed by atoms with Crippen molar-refractivity contribution in [1.82, 2.24) is 0 Å². The van der Waals surface area contributed by atoms with Crippen LogP contribution < -0.4 is 10.2 Å². The van der Waals surface area contributed by atoms with Crippen molar-refractivity contribution in [3.8, 4) is 0 Å². The van der Waals surface area contributed by atoms with Crippen molar-refractivity contribution in [1.29, 1.82) is 0 Å². The van der Waals surface area contributed by atoms with Crippen LogP contribution in [0, 0.1) is 27.7 Å². The molecule has 1 aliphatic heterocycles. The van der Waals surface area contributed by atoms with Gasteiger partial charge in [-0.3, -0.25) is 9.59 Å². The van der Waals surface area contributed by atoms with Gasteiger partial charge in [0.25, 0.3) is 11.8 Å². The van der Waals surface area contributed by atoms with Crippen molar-refractivity contribution in [2.75, 3.05) is 10.2 Å². The van der Waals surface area contributed by atoms with E-state index in [4.69, 9.17) is 0 Å². The zero-order chi connectivity index (χ0) is 23.0. The minimum atomic E-state index is -0.337. The third-order valence-electron chi connectivity index (χ3n) is 6.33. The Morgan fingerprint density at radius 2 is 1.50 bits per heavy atom. The SMILES string of the molecule is CCc1ccc(NC2=C(c3ccc(C)c(C)c3)C(=O)N(c3cccc(C)c3C)C2=O)cc1. The van der Waals surface area contributed by atoms with Gasteiger partial charge >= 0.3 is 0 Å². The maximum Gasteiger partial charge on any atom is 0.282 e. The minimum absolute atomic E-state index is 0.306. The number of carbonyl (C=O) groups excluding carboxylic acids is 2. The number of amides is 2. The minimum Gasteiger partial charge on any atom is -0.350 e. The largest absolute Gasteiger partial charge is 0.350 e. The first-order valence-electron chi connectivity index (χ1n) is 10.9. The fourth-order valence-corrected chi connectivity index (χ4v) is 3.98. The number of nitrogens with zero attached hydrogens (tertiary/aromatic N) is 1. The molecule has 0 fully saturated rings. The maximum absolute atomic E-state index is 13.7. The Kier molecular flexibility index (Phi) is 5.70. The van der Waals surface area contributed by atoms with E-state index in [1.165, 1.54) is 10.5 Å². The first-order valence-corrected chi connectivity index (χ1v) is 10.9. The molecule has 4 rings (SSSR count). The van der Waals surface area contributed by atoms with E-state index in [1.807, 2.05) is 88.4 Å². The molecule has 0 saturated carbocycles. The van der Waals surface area contributed by atoms with Crippen LogP contribution in [-0.2, 0) is 16.0 Å². The number of carbonyl (C=O) groups is 2. The van der Waals surface area contributed by atoms with Crippen LogP contribution in [-0.4, -0.2) is 11.8 Å². The Morgan fingerprint density at radius 3 is 2.16 bits per heavy atom. The van der Waals surface area contributed by atoms with Crippen LogP contribution in [0.1, 0.15) is 40.3 Å². The van der Waals surface area contributed by atoms with Crippen LogP contribution >= 0.6 is 0 Å². The molecule has 0 atom stereocenters. The fourth-order valence-electron chi connectivity index (χ4n) is 3.98. The predicted octanol–water partition coefficient (Wildman–Crippen LogP) is 5.88. The van der Waals surface area contributed by atoms with E-state index in [0.717, 1.165) is 39.9 Å². The number of hydrogen-bond donors (Lipinski definition) is 1. The molecule has 0 bridgehead atoms. The Hall–Kier alpha value is -3.66. The van der Waals surface area contributed by atoms with Crippen molar-refractivity contribution < 1.29 is 9.59 Å². The van der Waals surface area contributed by atoms with Crippen LogP contribution in [0.15, 0.2) is 66.4 Å². The molecule has 3 aromatic rings. The Balaban J connectivity index is 1.85. The van der Waals surface area contributed by atoms with E-state index < -0.39 is 0 Å². The van der Waals surface area contributed by atoms with E-state index in [1.54, 1.807) is 0 Å². The molecule has 32 heavy (non-hydrogen) atoms. The van der Waals surface area contributed by atoms with Gasteiger partial charge in [0.05, 0.1) is 11.3 Å². The number of hydrogen-bond acceptors (Lipinski definition) is 3. The van der Waals surface area contributed by atoms with Gasteiger partial charge in [0, 0.05) is 5.69 Å². The molecule has 2 amide bonds. The summed E-state index contributed by atoms with van der Waals surface area (Å²) in [7, 11) is 0. The lowest BCUT2D eigenvalue weighted by Gasteiger charge is -2.19. The smallest absolute Gasteiger partial charge is 0.282 e. The summed E-state index contributed by atoms with van der Waals surface area (Å²) in [6, 6.07) is 19.5. The zero-order valence-electron chi connectivity index (χ0n) is 19.2. The Labute approximate surface area is 189 Å². The molecule has 4 nitrogen and oxygen atoms in total. The zero-order valence-corrected chi connectivity index (χ0v) is 19.2. The molecule has 3 aromatic carbocycles. The van der Waals surface area contributed by atoms with E-state index in [2.05, 4.69) is 12.2 Å². The second-order valence-corrected chi connectivity index (χ2v) is 8.39. The van der Waals surface area contributed by atoms with Gasteiger partial charge in [-0.15, -0.1) is 0 Å². The monoisotopic (exact) mass is 424 g/mol. The summed E-state index contributed by atoms with van der Waals surface area (Å²) in [6.07, 6.45) is 0.939. The number of aryl methyl sites for hydroxylation is 4. The van der Waals surface area contributed by atoms with Gasteiger partial charge in [-0.1, -0.05) is 49.4 Å². The molecule has 4 heteroatoms. The lowest BCUT2D eigenvalue weighted by molar-refractivity contribution is -0.120. The van der Waals surface area contributed by atoms with Crippen molar-refractivity contribution in [3.63, 3.8) is 0 Å². The van der Waals surface area contributed by atoms with Crippen LogP contribution in [0.5, 0.6) is 0 Å². The molecule has 1 N–H and O–H groups in total. The molecule has 0 saturated heterocycles. The molecule has 0 spiro atoms. The lowest BCUT2D eigenvalue weighted by atomic mass is 9.99. The van der Waals surface area contributed by atoms with Gasteiger partial charge in [-0.25, -0.2) is 4.90 Å². The van der Waals surface area contributed by atoms with E-state index >= 15 is 0 Å². The van der Waals surface area contributed by atoms with Gasteiger partial charge < -0.3 is 5.32 Å². The molecule has 0 radical (unpaired) electrons. The Bertz CT molecular complexity index is 1250. The van der Waals surface area contributed by atoms with E-state index in [0.29, 0.717) is 17.0 Å². The summed E-state index contributed by atoms with van der Waals surface area (Å²) in [5.74, 6) is -0.642. The summed E-state index contributed by atoms with van der Waals surface area (Å²) in [6.45, 7) is 10.1. The van der Waals surface area contributed by atoms with Gasteiger partial charge in [-0.2, -0.15) is 0 Å². The summed E-state index contributed by atoms with van der Waals surface area (Å²) in [4.78, 5) is 28.6. The molecular weight excluding hydrogens is 396 g/mol. The number of anilines is 2. The molecule has 1 aliphatic rings. The Morgan fingerprint density at radius 1 is 0.781 bits per heavy atom. The van der Waals surface area contributed by atoms with Crippen LogP contribution in [0.2, 0.25) is 0 Å². The van der Waals surface area contributed by atoms with E-state index in [-0.39, 0.29) is 11.8 Å². The average Bonchev–Trinajstić information content (AvgIpc) is 3.02. The second kappa shape index (κ2) is 8.46. The molecule has 162 valence electrons. The number of imide groups is 1. The topological polar surface area (TPSA) is 49.4 Å². The predicted molar refractivity (Wildman–Crippen MR) is 131 cm³/mol. The van der Waals surface area contributed by atoms with Crippen molar-refractivity contribution >= 4 is 28.8 Å². The summed E-state index contributed by atoms with van der Waals surface area (Å²) >= 11 is 0. The summed E-state index contributed by atoms with van der Waals surface area (Å²) in [5.41, 5.74) is 8.24.